The summed E-state index contributed by atoms with van der Waals surface area (Å²) in [4.78, 5) is 18.8. The predicted octanol–water partition coefficient (Wildman–Crippen LogP) is 6.73. The zero-order chi connectivity index (χ0) is 24.5. The highest BCUT2D eigenvalue weighted by molar-refractivity contribution is 6.42. The molecule has 0 saturated carbocycles. The first-order valence-electron chi connectivity index (χ1n) is 10.6. The molecule has 1 saturated heterocycles. The molecule has 3 atom stereocenters. The number of hydrogen-bond donors (Lipinski definition) is 0. The van der Waals surface area contributed by atoms with E-state index in [0.717, 1.165) is 17.7 Å². The zero-order valence-electron chi connectivity index (χ0n) is 18.1. The summed E-state index contributed by atoms with van der Waals surface area (Å²) in [7, 11) is 0. The fourth-order valence-corrected chi connectivity index (χ4v) is 4.57. The molecule has 0 radical (unpaired) electrons. The molecule has 9 heteroatoms. The molecule has 4 rings (SSSR count). The van der Waals surface area contributed by atoms with Crippen molar-refractivity contribution >= 4 is 29.1 Å². The Bertz CT molecular complexity index is 1160. The third-order valence-electron chi connectivity index (χ3n) is 6.06. The number of likely N-dealkylation sites (tertiary alicyclic amines) is 1. The number of ether oxygens (including phenoxy) is 1. The van der Waals surface area contributed by atoms with Gasteiger partial charge in [0.15, 0.2) is 0 Å². The third-order valence-corrected chi connectivity index (χ3v) is 6.80. The minimum absolute atomic E-state index is 0.106. The maximum Gasteiger partial charge on any atom is 0.416 e. The standard InChI is InChI=1S/C25H21Cl2F3N2O2/c1-15(34-19-5-3-18(4-6-19)25(28,29)30)20-13-32(24(33)16-8-10-31-11-9-16)14-21(20)17-2-7-22(26)23(27)12-17/h2-12,15,20-21H,13-14H2,1H3. The number of aromatic nitrogens is 1. The Hall–Kier alpha value is -2.77. The molecule has 178 valence electrons. The van der Waals surface area contributed by atoms with Gasteiger partial charge in [0, 0.05) is 42.9 Å². The number of benzene rings is 2. The molecule has 1 amide bonds. The minimum atomic E-state index is -4.41. The first kappa shape index (κ1) is 24.4. The van der Waals surface area contributed by atoms with Crippen LogP contribution in [0.5, 0.6) is 5.75 Å². The summed E-state index contributed by atoms with van der Waals surface area (Å²) in [5, 5.41) is 0.840. The van der Waals surface area contributed by atoms with E-state index >= 15 is 0 Å². The number of rotatable bonds is 5. The Morgan fingerprint density at radius 3 is 2.32 bits per heavy atom. The van der Waals surface area contributed by atoms with E-state index in [9.17, 15) is 18.0 Å². The molecule has 1 aliphatic rings. The average molecular weight is 509 g/mol. The second-order valence-corrected chi connectivity index (χ2v) is 9.05. The molecule has 2 aromatic carbocycles. The van der Waals surface area contributed by atoms with Crippen molar-refractivity contribution in [2.45, 2.75) is 25.1 Å². The van der Waals surface area contributed by atoms with Crippen molar-refractivity contribution in [3.05, 3.63) is 93.7 Å². The second kappa shape index (κ2) is 9.84. The Morgan fingerprint density at radius 2 is 1.71 bits per heavy atom. The third kappa shape index (κ3) is 5.31. The summed E-state index contributed by atoms with van der Waals surface area (Å²) >= 11 is 12.3. The van der Waals surface area contributed by atoms with Crippen LogP contribution in [0.3, 0.4) is 0 Å². The van der Waals surface area contributed by atoms with Gasteiger partial charge in [-0.1, -0.05) is 29.3 Å². The van der Waals surface area contributed by atoms with Crippen LogP contribution in [-0.4, -0.2) is 35.0 Å². The molecule has 0 N–H and O–H groups in total. The fraction of sp³-hybridized carbons (Fsp3) is 0.280. The summed E-state index contributed by atoms with van der Waals surface area (Å²) in [6.45, 7) is 2.70. The van der Waals surface area contributed by atoms with Crippen LogP contribution in [0.4, 0.5) is 13.2 Å². The highest BCUT2D eigenvalue weighted by atomic mass is 35.5. The van der Waals surface area contributed by atoms with Crippen molar-refractivity contribution in [3.63, 3.8) is 0 Å². The van der Waals surface area contributed by atoms with E-state index in [2.05, 4.69) is 4.98 Å². The molecule has 0 bridgehead atoms. The normalized spacial score (nSPS) is 19.2. The number of hydrogen-bond acceptors (Lipinski definition) is 3. The lowest BCUT2D eigenvalue weighted by Crippen LogP contribution is -2.32. The number of alkyl halides is 3. The van der Waals surface area contributed by atoms with Gasteiger partial charge in [-0.25, -0.2) is 0 Å². The van der Waals surface area contributed by atoms with Crippen LogP contribution < -0.4 is 4.74 Å². The van der Waals surface area contributed by atoms with Crippen LogP contribution in [0, 0.1) is 5.92 Å². The smallest absolute Gasteiger partial charge is 0.416 e. The van der Waals surface area contributed by atoms with E-state index < -0.39 is 17.8 Å². The number of nitrogens with zero attached hydrogens (tertiary/aromatic N) is 2. The highest BCUT2D eigenvalue weighted by Gasteiger charge is 2.40. The molecule has 0 spiro atoms. The Kier molecular flexibility index (Phi) is 7.05. The molecule has 2 heterocycles. The van der Waals surface area contributed by atoms with E-state index in [1.165, 1.54) is 12.1 Å². The van der Waals surface area contributed by atoms with Crippen LogP contribution in [0.1, 0.15) is 34.3 Å². The van der Waals surface area contributed by atoms with Crippen LogP contribution in [0.2, 0.25) is 10.0 Å². The summed E-state index contributed by atoms with van der Waals surface area (Å²) in [6.07, 6.45) is -1.68. The van der Waals surface area contributed by atoms with Gasteiger partial charge in [0.1, 0.15) is 11.9 Å². The lowest BCUT2D eigenvalue weighted by Gasteiger charge is -2.26. The van der Waals surface area contributed by atoms with Gasteiger partial charge in [-0.05, 0) is 61.0 Å². The molecule has 3 unspecified atom stereocenters. The summed E-state index contributed by atoms with van der Waals surface area (Å²) in [6, 6.07) is 13.3. The summed E-state index contributed by atoms with van der Waals surface area (Å²) < 4.78 is 44.7. The highest BCUT2D eigenvalue weighted by Crippen LogP contribution is 2.39. The Balaban J connectivity index is 1.58. The monoisotopic (exact) mass is 508 g/mol. The van der Waals surface area contributed by atoms with Crippen molar-refractivity contribution in [1.82, 2.24) is 9.88 Å². The molecule has 3 aromatic rings. The van der Waals surface area contributed by atoms with E-state index in [1.807, 2.05) is 13.0 Å². The number of pyridine rings is 1. The van der Waals surface area contributed by atoms with Gasteiger partial charge < -0.3 is 9.64 Å². The lowest BCUT2D eigenvalue weighted by atomic mass is 9.85. The Morgan fingerprint density at radius 1 is 1.03 bits per heavy atom. The number of amides is 1. The summed E-state index contributed by atoms with van der Waals surface area (Å²) in [5.41, 5.74) is 0.698. The van der Waals surface area contributed by atoms with Gasteiger partial charge >= 0.3 is 6.18 Å². The van der Waals surface area contributed by atoms with Crippen molar-refractivity contribution in [1.29, 1.82) is 0 Å². The maximum atomic E-state index is 13.1. The lowest BCUT2D eigenvalue weighted by molar-refractivity contribution is -0.137. The minimum Gasteiger partial charge on any atom is -0.490 e. The molecule has 0 aliphatic carbocycles. The topological polar surface area (TPSA) is 42.4 Å². The van der Waals surface area contributed by atoms with Crippen LogP contribution in [0.15, 0.2) is 67.0 Å². The van der Waals surface area contributed by atoms with Gasteiger partial charge in [-0.3, -0.25) is 9.78 Å². The number of carbonyl (C=O) groups is 1. The zero-order valence-corrected chi connectivity index (χ0v) is 19.6. The second-order valence-electron chi connectivity index (χ2n) is 8.24. The molecule has 1 aliphatic heterocycles. The largest absolute Gasteiger partial charge is 0.490 e. The van der Waals surface area contributed by atoms with E-state index in [0.29, 0.717) is 34.4 Å². The van der Waals surface area contributed by atoms with E-state index in [1.54, 1.807) is 41.6 Å². The molecular weight excluding hydrogens is 488 g/mol. The predicted molar refractivity (Wildman–Crippen MR) is 124 cm³/mol. The van der Waals surface area contributed by atoms with Crippen molar-refractivity contribution in [2.24, 2.45) is 5.92 Å². The fourth-order valence-electron chi connectivity index (χ4n) is 4.27. The molecule has 1 aromatic heterocycles. The van der Waals surface area contributed by atoms with Crippen LogP contribution in [0.25, 0.3) is 0 Å². The van der Waals surface area contributed by atoms with Gasteiger partial charge in [0.25, 0.3) is 5.91 Å². The first-order chi connectivity index (χ1) is 16.1. The van der Waals surface area contributed by atoms with E-state index in [4.69, 9.17) is 27.9 Å². The Labute approximate surface area is 205 Å². The van der Waals surface area contributed by atoms with Crippen molar-refractivity contribution in [3.8, 4) is 5.75 Å². The first-order valence-corrected chi connectivity index (χ1v) is 11.4. The van der Waals surface area contributed by atoms with Crippen LogP contribution in [-0.2, 0) is 6.18 Å². The molecule has 34 heavy (non-hydrogen) atoms. The van der Waals surface area contributed by atoms with Crippen molar-refractivity contribution < 1.29 is 22.7 Å². The molecule has 4 nitrogen and oxygen atoms in total. The number of halogens is 5. The van der Waals surface area contributed by atoms with E-state index in [-0.39, 0.29) is 17.7 Å². The number of carbonyl (C=O) groups excluding carboxylic acids is 1. The van der Waals surface area contributed by atoms with Gasteiger partial charge in [0.2, 0.25) is 0 Å². The SMILES string of the molecule is CC(Oc1ccc(C(F)(F)F)cc1)C1CN(C(=O)c2ccncc2)CC1c1ccc(Cl)c(Cl)c1. The van der Waals surface area contributed by atoms with Crippen molar-refractivity contribution in [2.75, 3.05) is 13.1 Å². The molecular formula is C25H21Cl2F3N2O2. The van der Waals surface area contributed by atoms with Gasteiger partial charge in [0.05, 0.1) is 15.6 Å². The van der Waals surface area contributed by atoms with Gasteiger partial charge in [-0.2, -0.15) is 13.2 Å². The van der Waals surface area contributed by atoms with Crippen LogP contribution >= 0.6 is 23.2 Å². The maximum absolute atomic E-state index is 13.1. The van der Waals surface area contributed by atoms with Gasteiger partial charge in [-0.15, -0.1) is 0 Å². The molecule has 1 fully saturated rings. The average Bonchev–Trinajstić information content (AvgIpc) is 3.26. The quantitative estimate of drug-likeness (QED) is 0.383. The summed E-state index contributed by atoms with van der Waals surface area (Å²) in [5.74, 6) is -0.0423.